The van der Waals surface area contributed by atoms with Crippen molar-refractivity contribution in [3.8, 4) is 0 Å². The second kappa shape index (κ2) is 9.59. The molecular weight excluding hydrogens is 380 g/mol. The number of ether oxygens (including phenoxy) is 1. The number of hydrogen-bond acceptors (Lipinski definition) is 5. The molecule has 1 amide bonds. The molecule has 0 radical (unpaired) electrons. The van der Waals surface area contributed by atoms with Crippen LogP contribution in [0.4, 0.5) is 14.5 Å². The van der Waals surface area contributed by atoms with Crippen molar-refractivity contribution in [2.75, 3.05) is 11.6 Å². The highest BCUT2D eigenvalue weighted by atomic mass is 32.2. The molecule has 0 aliphatic heterocycles. The average molecular weight is 397 g/mol. The average Bonchev–Trinajstić information content (AvgIpc) is 2.62. The highest BCUT2D eigenvalue weighted by Gasteiger charge is 2.20. The number of thioether (sulfide) groups is 2. The van der Waals surface area contributed by atoms with Crippen LogP contribution in [0.2, 0.25) is 0 Å². The first-order chi connectivity index (χ1) is 12.4. The predicted molar refractivity (Wildman–Crippen MR) is 100 cm³/mol. The summed E-state index contributed by atoms with van der Waals surface area (Å²) in [6, 6.07) is 13.0. The van der Waals surface area contributed by atoms with Gasteiger partial charge in [-0.15, -0.1) is 11.8 Å². The monoisotopic (exact) mass is 397 g/mol. The van der Waals surface area contributed by atoms with Gasteiger partial charge in [0.25, 0.3) is 11.7 Å². The van der Waals surface area contributed by atoms with E-state index in [9.17, 15) is 18.4 Å². The predicted octanol–water partition coefficient (Wildman–Crippen LogP) is 4.91. The third-order valence-electron chi connectivity index (χ3n) is 3.33. The third-order valence-corrected chi connectivity index (χ3v) is 4.85. The van der Waals surface area contributed by atoms with Crippen LogP contribution in [0.25, 0.3) is 0 Å². The van der Waals surface area contributed by atoms with E-state index in [1.54, 1.807) is 18.2 Å². The molecule has 0 saturated carbocycles. The van der Waals surface area contributed by atoms with Gasteiger partial charge in [0.05, 0.1) is 5.56 Å². The Labute approximate surface area is 158 Å². The Morgan fingerprint density at radius 3 is 2.35 bits per heavy atom. The molecule has 138 valence electrons. The van der Waals surface area contributed by atoms with Crippen molar-refractivity contribution in [2.24, 2.45) is 0 Å². The second-order valence-corrected chi connectivity index (χ2v) is 7.05. The van der Waals surface area contributed by atoms with Gasteiger partial charge in [0, 0.05) is 15.5 Å². The van der Waals surface area contributed by atoms with E-state index in [1.807, 2.05) is 12.3 Å². The van der Waals surface area contributed by atoms with E-state index in [1.165, 1.54) is 43.0 Å². The molecule has 0 saturated heterocycles. The fourth-order valence-electron chi connectivity index (χ4n) is 2.05. The number of carbonyl (C=O) groups is 2. The van der Waals surface area contributed by atoms with Gasteiger partial charge in [-0.2, -0.15) is 8.78 Å². The fraction of sp³-hybridized carbons (Fsp3) is 0.222. The van der Waals surface area contributed by atoms with Crippen molar-refractivity contribution in [1.29, 1.82) is 0 Å². The van der Waals surface area contributed by atoms with Gasteiger partial charge in [0.15, 0.2) is 6.10 Å². The molecule has 26 heavy (non-hydrogen) atoms. The maximum atomic E-state index is 12.3. The molecule has 1 atom stereocenters. The van der Waals surface area contributed by atoms with Crippen molar-refractivity contribution in [2.45, 2.75) is 28.6 Å². The Hall–Kier alpha value is -2.06. The molecule has 0 heterocycles. The maximum Gasteiger partial charge on any atom is 0.340 e. The van der Waals surface area contributed by atoms with E-state index < -0.39 is 23.7 Å². The summed E-state index contributed by atoms with van der Waals surface area (Å²) in [5.74, 6) is -3.59. The lowest BCUT2D eigenvalue weighted by molar-refractivity contribution is -0.123. The van der Waals surface area contributed by atoms with E-state index in [2.05, 4.69) is 5.32 Å². The summed E-state index contributed by atoms with van der Waals surface area (Å²) in [5, 5.41) is 2.59. The van der Waals surface area contributed by atoms with Gasteiger partial charge in [0.2, 0.25) is 0 Å². The number of nitrogens with one attached hydrogen (secondary N) is 1. The van der Waals surface area contributed by atoms with Crippen molar-refractivity contribution in [3.63, 3.8) is 0 Å². The summed E-state index contributed by atoms with van der Waals surface area (Å²) >= 11 is 1.83. The van der Waals surface area contributed by atoms with Crippen LogP contribution in [-0.4, -0.2) is 30.0 Å². The van der Waals surface area contributed by atoms with Gasteiger partial charge in [-0.1, -0.05) is 23.9 Å². The number of hydrogen-bond donors (Lipinski definition) is 1. The van der Waals surface area contributed by atoms with Crippen molar-refractivity contribution in [1.82, 2.24) is 0 Å². The molecule has 0 aliphatic carbocycles. The summed E-state index contributed by atoms with van der Waals surface area (Å²) in [6.07, 6.45) is 0.839. The summed E-state index contributed by atoms with van der Waals surface area (Å²) in [6.45, 7) is 1.47. The van der Waals surface area contributed by atoms with Crippen molar-refractivity contribution < 1.29 is 23.1 Å². The van der Waals surface area contributed by atoms with E-state index in [0.29, 0.717) is 27.9 Å². The molecular formula is C18H17F2NO3S2. The number of carbonyl (C=O) groups excluding carboxylic acids is 2. The molecule has 4 nitrogen and oxygen atoms in total. The minimum absolute atomic E-state index is 0.395. The quantitative estimate of drug-likeness (QED) is 0.532. The molecule has 2 aromatic rings. The van der Waals surface area contributed by atoms with Crippen LogP contribution in [0.15, 0.2) is 58.3 Å². The zero-order chi connectivity index (χ0) is 19.1. The van der Waals surface area contributed by atoms with Gasteiger partial charge >= 0.3 is 5.97 Å². The lowest BCUT2D eigenvalue weighted by Crippen LogP contribution is -2.30. The Bertz CT molecular complexity index is 769. The van der Waals surface area contributed by atoms with Crippen LogP contribution < -0.4 is 5.32 Å². The normalized spacial score (nSPS) is 11.9. The number of esters is 1. The Morgan fingerprint density at radius 2 is 1.73 bits per heavy atom. The van der Waals surface area contributed by atoms with Gasteiger partial charge < -0.3 is 10.1 Å². The SMILES string of the molecule is CSc1ccccc1C(=O)O[C@H](C)C(=O)Nc1ccc(SC(F)F)cc1. The van der Waals surface area contributed by atoms with E-state index in [4.69, 9.17) is 4.74 Å². The van der Waals surface area contributed by atoms with Gasteiger partial charge in [-0.25, -0.2) is 4.79 Å². The molecule has 0 unspecified atom stereocenters. The first kappa shape index (κ1) is 20.3. The zero-order valence-electron chi connectivity index (χ0n) is 14.1. The standard InChI is InChI=1S/C18H17F2NO3S2/c1-11(24-17(23)14-5-3-4-6-15(14)25-2)16(22)21-12-7-9-13(10-8-12)26-18(19)20/h3-11,18H,1-2H3,(H,21,22)/t11-/m1/s1. The highest BCUT2D eigenvalue weighted by Crippen LogP contribution is 2.26. The van der Waals surface area contributed by atoms with Crippen LogP contribution in [0.3, 0.4) is 0 Å². The van der Waals surface area contributed by atoms with Crippen LogP contribution in [0, 0.1) is 0 Å². The molecule has 2 aromatic carbocycles. The van der Waals surface area contributed by atoms with Gasteiger partial charge in [-0.05, 0) is 49.6 Å². The minimum Gasteiger partial charge on any atom is -0.449 e. The molecule has 0 aliphatic rings. The highest BCUT2D eigenvalue weighted by molar-refractivity contribution is 7.99. The van der Waals surface area contributed by atoms with Crippen LogP contribution in [-0.2, 0) is 9.53 Å². The van der Waals surface area contributed by atoms with E-state index in [0.717, 1.165) is 4.90 Å². The number of anilines is 1. The largest absolute Gasteiger partial charge is 0.449 e. The first-order valence-corrected chi connectivity index (χ1v) is 9.71. The van der Waals surface area contributed by atoms with Crippen molar-refractivity contribution >= 4 is 41.1 Å². The summed E-state index contributed by atoms with van der Waals surface area (Å²) in [7, 11) is 0. The minimum atomic E-state index is -2.50. The molecule has 1 N–H and O–H groups in total. The molecule has 0 bridgehead atoms. The number of benzene rings is 2. The van der Waals surface area contributed by atoms with E-state index in [-0.39, 0.29) is 0 Å². The lowest BCUT2D eigenvalue weighted by atomic mass is 10.2. The smallest absolute Gasteiger partial charge is 0.340 e. The summed E-state index contributed by atoms with van der Waals surface area (Å²) in [5.41, 5.74) is 0.828. The molecule has 2 rings (SSSR count). The number of alkyl halides is 2. The van der Waals surface area contributed by atoms with Crippen LogP contribution in [0.5, 0.6) is 0 Å². The zero-order valence-corrected chi connectivity index (χ0v) is 15.7. The topological polar surface area (TPSA) is 55.4 Å². The molecule has 0 aromatic heterocycles. The van der Waals surface area contributed by atoms with Crippen molar-refractivity contribution in [3.05, 3.63) is 54.1 Å². The van der Waals surface area contributed by atoms with Crippen LogP contribution >= 0.6 is 23.5 Å². The Balaban J connectivity index is 1.95. The van der Waals surface area contributed by atoms with Gasteiger partial charge in [-0.3, -0.25) is 4.79 Å². The Kier molecular flexibility index (Phi) is 7.47. The number of rotatable bonds is 7. The Morgan fingerprint density at radius 1 is 1.08 bits per heavy atom. The fourth-order valence-corrected chi connectivity index (χ4v) is 3.14. The number of halogens is 2. The van der Waals surface area contributed by atoms with E-state index >= 15 is 0 Å². The molecule has 0 fully saturated rings. The summed E-state index contributed by atoms with van der Waals surface area (Å²) in [4.78, 5) is 25.6. The first-order valence-electron chi connectivity index (χ1n) is 7.60. The second-order valence-electron chi connectivity index (χ2n) is 5.14. The molecule has 0 spiro atoms. The lowest BCUT2D eigenvalue weighted by Gasteiger charge is -2.15. The third kappa shape index (κ3) is 5.74. The summed E-state index contributed by atoms with van der Waals surface area (Å²) < 4.78 is 29.8. The van der Waals surface area contributed by atoms with Gasteiger partial charge in [0.1, 0.15) is 0 Å². The molecule has 8 heteroatoms. The number of amides is 1. The maximum absolute atomic E-state index is 12.3. The van der Waals surface area contributed by atoms with Crippen LogP contribution in [0.1, 0.15) is 17.3 Å².